The zero-order valence-electron chi connectivity index (χ0n) is 8.91. The first-order valence-electron chi connectivity index (χ1n) is 5.31. The highest BCUT2D eigenvalue weighted by molar-refractivity contribution is 9.10. The van der Waals surface area contributed by atoms with Gasteiger partial charge in [0.2, 0.25) is 0 Å². The number of nitrogens with two attached hydrogens (primary N) is 1. The van der Waals surface area contributed by atoms with Crippen LogP contribution < -0.4 is 5.73 Å². The second-order valence-corrected chi connectivity index (χ2v) is 5.13. The molecule has 2 rings (SSSR count). The van der Waals surface area contributed by atoms with Gasteiger partial charge in [-0.05, 0) is 37.0 Å². The average molecular weight is 284 g/mol. The maximum atomic E-state index is 11.6. The van der Waals surface area contributed by atoms with E-state index in [1.165, 1.54) is 0 Å². The lowest BCUT2D eigenvalue weighted by atomic mass is 9.78. The summed E-state index contributed by atoms with van der Waals surface area (Å²) in [5.41, 5.74) is 6.10. The largest absolute Gasteiger partial charge is 0.459 e. The lowest BCUT2D eigenvalue weighted by molar-refractivity contribution is -0.155. The van der Waals surface area contributed by atoms with Crippen molar-refractivity contribution in [2.45, 2.75) is 31.4 Å². The fourth-order valence-electron chi connectivity index (χ4n) is 1.68. The van der Waals surface area contributed by atoms with Crippen molar-refractivity contribution in [3.63, 3.8) is 0 Å². The van der Waals surface area contributed by atoms with Gasteiger partial charge >= 0.3 is 5.97 Å². The van der Waals surface area contributed by atoms with Crippen molar-refractivity contribution in [1.82, 2.24) is 0 Å². The third kappa shape index (κ3) is 2.44. The van der Waals surface area contributed by atoms with Crippen LogP contribution in [-0.2, 0) is 16.1 Å². The van der Waals surface area contributed by atoms with Gasteiger partial charge in [-0.1, -0.05) is 28.1 Å². The van der Waals surface area contributed by atoms with E-state index in [1.807, 2.05) is 24.3 Å². The summed E-state index contributed by atoms with van der Waals surface area (Å²) >= 11 is 3.37. The summed E-state index contributed by atoms with van der Waals surface area (Å²) < 4.78 is 6.18. The van der Waals surface area contributed by atoms with Gasteiger partial charge in [0, 0.05) is 4.47 Å². The van der Waals surface area contributed by atoms with Crippen LogP contribution >= 0.6 is 15.9 Å². The first kappa shape index (κ1) is 11.6. The minimum absolute atomic E-state index is 0.279. The number of halogens is 1. The van der Waals surface area contributed by atoms with E-state index in [9.17, 15) is 4.79 Å². The summed E-state index contributed by atoms with van der Waals surface area (Å²) in [4.78, 5) is 11.6. The number of ether oxygens (including phenoxy) is 1. The van der Waals surface area contributed by atoms with Crippen LogP contribution in [-0.4, -0.2) is 11.5 Å². The molecule has 86 valence electrons. The Morgan fingerprint density at radius 1 is 1.50 bits per heavy atom. The first-order chi connectivity index (χ1) is 7.60. The molecule has 0 aromatic heterocycles. The van der Waals surface area contributed by atoms with E-state index in [4.69, 9.17) is 10.5 Å². The van der Waals surface area contributed by atoms with Gasteiger partial charge < -0.3 is 10.5 Å². The van der Waals surface area contributed by atoms with Gasteiger partial charge in [0.05, 0.1) is 0 Å². The van der Waals surface area contributed by atoms with Crippen LogP contribution in [0.3, 0.4) is 0 Å². The van der Waals surface area contributed by atoms with Crippen molar-refractivity contribution in [2.24, 2.45) is 5.73 Å². The van der Waals surface area contributed by atoms with E-state index in [0.29, 0.717) is 0 Å². The molecular formula is C12H14BrNO2. The van der Waals surface area contributed by atoms with Crippen molar-refractivity contribution >= 4 is 21.9 Å². The van der Waals surface area contributed by atoms with Gasteiger partial charge in [-0.2, -0.15) is 0 Å². The molecule has 1 aliphatic carbocycles. The summed E-state index contributed by atoms with van der Waals surface area (Å²) in [5.74, 6) is -0.279. The summed E-state index contributed by atoms with van der Waals surface area (Å²) in [5, 5.41) is 0. The molecule has 0 radical (unpaired) electrons. The van der Waals surface area contributed by atoms with Crippen LogP contribution in [0.5, 0.6) is 0 Å². The molecule has 0 heterocycles. The molecule has 1 aliphatic rings. The summed E-state index contributed by atoms with van der Waals surface area (Å²) in [6, 6.07) is 7.69. The number of rotatable bonds is 3. The van der Waals surface area contributed by atoms with E-state index in [1.54, 1.807) is 0 Å². The van der Waals surface area contributed by atoms with Gasteiger partial charge in [-0.3, -0.25) is 4.79 Å². The van der Waals surface area contributed by atoms with Crippen LogP contribution in [0.25, 0.3) is 0 Å². The molecule has 4 heteroatoms. The van der Waals surface area contributed by atoms with E-state index >= 15 is 0 Å². The molecule has 0 saturated heterocycles. The minimum Gasteiger partial charge on any atom is -0.459 e. The zero-order chi connectivity index (χ0) is 11.6. The van der Waals surface area contributed by atoms with Gasteiger partial charge in [0.15, 0.2) is 0 Å². The quantitative estimate of drug-likeness (QED) is 0.867. The van der Waals surface area contributed by atoms with E-state index in [-0.39, 0.29) is 12.6 Å². The van der Waals surface area contributed by atoms with Crippen molar-refractivity contribution in [1.29, 1.82) is 0 Å². The Bertz CT molecular complexity index is 402. The number of hydrogen-bond acceptors (Lipinski definition) is 3. The summed E-state index contributed by atoms with van der Waals surface area (Å²) in [6.07, 6.45) is 2.50. The highest BCUT2D eigenvalue weighted by atomic mass is 79.9. The second-order valence-electron chi connectivity index (χ2n) is 4.22. The van der Waals surface area contributed by atoms with Gasteiger partial charge in [0.25, 0.3) is 0 Å². The second kappa shape index (κ2) is 4.55. The maximum absolute atomic E-state index is 11.6. The molecule has 16 heavy (non-hydrogen) atoms. The monoisotopic (exact) mass is 283 g/mol. The molecule has 0 amide bonds. The Morgan fingerprint density at radius 3 is 2.81 bits per heavy atom. The van der Waals surface area contributed by atoms with Crippen LogP contribution in [0.1, 0.15) is 24.8 Å². The van der Waals surface area contributed by atoms with Crippen molar-refractivity contribution < 1.29 is 9.53 Å². The Hall–Kier alpha value is -0.870. The smallest absolute Gasteiger partial charge is 0.326 e. The zero-order valence-corrected chi connectivity index (χ0v) is 10.5. The number of esters is 1. The molecular weight excluding hydrogens is 270 g/mol. The Kier molecular flexibility index (Phi) is 3.30. The fraction of sp³-hybridized carbons (Fsp3) is 0.417. The van der Waals surface area contributed by atoms with Crippen LogP contribution in [0.2, 0.25) is 0 Å². The Balaban J connectivity index is 1.90. The van der Waals surface area contributed by atoms with Crippen molar-refractivity contribution in [3.8, 4) is 0 Å². The predicted octanol–water partition coefficient (Wildman–Crippen LogP) is 2.37. The standard InChI is InChI=1S/C12H14BrNO2/c13-10-4-1-3-9(7-10)8-16-11(15)12(14)5-2-6-12/h1,3-4,7H,2,5-6,8,14H2. The summed E-state index contributed by atoms with van der Waals surface area (Å²) in [7, 11) is 0. The molecule has 1 fully saturated rings. The molecule has 1 saturated carbocycles. The highest BCUT2D eigenvalue weighted by Crippen LogP contribution is 2.30. The lowest BCUT2D eigenvalue weighted by Crippen LogP contribution is -2.54. The highest BCUT2D eigenvalue weighted by Gasteiger charge is 2.41. The predicted molar refractivity (Wildman–Crippen MR) is 64.7 cm³/mol. The van der Waals surface area contributed by atoms with E-state index in [0.717, 1.165) is 29.3 Å². The van der Waals surface area contributed by atoms with Crippen LogP contribution in [0.4, 0.5) is 0 Å². The molecule has 0 bridgehead atoms. The van der Waals surface area contributed by atoms with Crippen LogP contribution in [0.15, 0.2) is 28.7 Å². The fourth-order valence-corrected chi connectivity index (χ4v) is 2.13. The molecule has 1 aromatic rings. The molecule has 0 unspecified atom stereocenters. The normalized spacial score (nSPS) is 17.6. The maximum Gasteiger partial charge on any atom is 0.326 e. The Morgan fingerprint density at radius 2 is 2.25 bits per heavy atom. The van der Waals surface area contributed by atoms with E-state index < -0.39 is 5.54 Å². The number of hydrogen-bond donors (Lipinski definition) is 1. The molecule has 0 spiro atoms. The van der Waals surface area contributed by atoms with Crippen molar-refractivity contribution in [3.05, 3.63) is 34.3 Å². The number of benzene rings is 1. The molecule has 0 aliphatic heterocycles. The van der Waals surface area contributed by atoms with E-state index in [2.05, 4.69) is 15.9 Å². The summed E-state index contributed by atoms with van der Waals surface area (Å²) in [6.45, 7) is 0.289. The average Bonchev–Trinajstić information content (AvgIpc) is 2.22. The number of carbonyl (C=O) groups is 1. The molecule has 2 N–H and O–H groups in total. The number of carbonyl (C=O) groups excluding carboxylic acids is 1. The molecule has 1 aromatic carbocycles. The SMILES string of the molecule is NC1(C(=O)OCc2cccc(Br)c2)CCC1. The third-order valence-corrected chi connectivity index (χ3v) is 3.40. The third-order valence-electron chi connectivity index (χ3n) is 2.91. The first-order valence-corrected chi connectivity index (χ1v) is 6.10. The minimum atomic E-state index is -0.716. The lowest BCUT2D eigenvalue weighted by Gasteiger charge is -2.35. The van der Waals surface area contributed by atoms with Crippen molar-refractivity contribution in [2.75, 3.05) is 0 Å². The topological polar surface area (TPSA) is 52.3 Å². The Labute approximate surface area is 103 Å². The van der Waals surface area contributed by atoms with Gasteiger partial charge in [-0.25, -0.2) is 0 Å². The molecule has 3 nitrogen and oxygen atoms in total. The van der Waals surface area contributed by atoms with Gasteiger partial charge in [-0.15, -0.1) is 0 Å². The van der Waals surface area contributed by atoms with Gasteiger partial charge in [0.1, 0.15) is 12.1 Å². The molecule has 0 atom stereocenters. The van der Waals surface area contributed by atoms with Crippen LogP contribution in [0, 0.1) is 0 Å².